The summed E-state index contributed by atoms with van der Waals surface area (Å²) in [4.78, 5) is 38.4. The zero-order valence-electron chi connectivity index (χ0n) is 52.2. The second kappa shape index (κ2) is 35.2. The molecule has 0 radical (unpaired) electrons. The first-order valence-electron chi connectivity index (χ1n) is 30.8. The van der Waals surface area contributed by atoms with Crippen LogP contribution in [0.5, 0.6) is 0 Å². The lowest BCUT2D eigenvalue weighted by atomic mass is 9.94. The molecule has 0 spiro atoms. The Balaban J connectivity index is 1.12. The number of ether oxygens (including phenoxy) is 14. The monoisotopic (exact) mass is 1410 g/mol. The van der Waals surface area contributed by atoms with E-state index in [0.717, 1.165) is 20.8 Å². The van der Waals surface area contributed by atoms with Crippen LogP contribution in [0, 0.1) is 0 Å². The highest BCUT2D eigenvalue weighted by Crippen LogP contribution is 2.38. The maximum absolute atomic E-state index is 13.0. The standard InChI is InChI=1S/C54H93N3O39/c1-13-27(68)34(75)37(78)50(84-13)94-45-26(57-17(5)66)48(89-24(11-63)44(45)93-52-39(80)36(77)30(71)20(7-59)86-52)83-12-19(67)29(70)42(18(6-58)55-15(3)64)91-53-40(81)46(31(72)21(8-60)87-53)95-49-25(56-16(4)65)33(74)43(23(10-62)90-49)92-54-41(82)47(32(73)22(9-61)88-54)96-51-38(79)35(76)28(69)14(2)85-51/h13-14,18-54,58-63,67-82H,6-12H2,1-5H3,(H,55,64)(H,56,65)(H,57,66)/t13-,14-,18-,19+,20+,21+,22+,23+,24+,25+,26+,27+,28+,29-,30-,31-,32-,33+,34+,35+,36-,37-,38-,39+,40+,41+,42+,43+,44+,45+,46-,47-,48+,49-,50-,51-,52-,53-,54-/m0/s1. The van der Waals surface area contributed by atoms with Gasteiger partial charge in [-0.25, -0.2) is 0 Å². The summed E-state index contributed by atoms with van der Waals surface area (Å²) in [5, 5.41) is 247. The van der Waals surface area contributed by atoms with Crippen LogP contribution in [-0.2, 0) is 80.7 Å². The molecule has 558 valence electrons. The molecule has 7 saturated heterocycles. The van der Waals surface area contributed by atoms with E-state index in [1.165, 1.54) is 13.8 Å². The van der Waals surface area contributed by atoms with Crippen molar-refractivity contribution in [1.82, 2.24) is 16.0 Å². The highest BCUT2D eigenvalue weighted by molar-refractivity contribution is 5.74. The maximum atomic E-state index is 13.0. The molecule has 0 unspecified atom stereocenters. The molecule has 0 aromatic carbocycles. The predicted octanol–water partition coefficient (Wildman–Crippen LogP) is -16.3. The molecule has 42 heteroatoms. The first-order valence-corrected chi connectivity index (χ1v) is 30.8. The zero-order valence-corrected chi connectivity index (χ0v) is 52.2. The van der Waals surface area contributed by atoms with Gasteiger partial charge in [0.1, 0.15) is 177 Å². The lowest BCUT2D eigenvalue weighted by Gasteiger charge is -2.50. The van der Waals surface area contributed by atoms with Crippen LogP contribution in [-0.4, -0.2) is 415 Å². The van der Waals surface area contributed by atoms with Crippen molar-refractivity contribution in [2.24, 2.45) is 0 Å². The van der Waals surface area contributed by atoms with Crippen molar-refractivity contribution in [2.75, 3.05) is 46.2 Å². The van der Waals surface area contributed by atoms with Gasteiger partial charge in [0.2, 0.25) is 17.7 Å². The minimum atomic E-state index is -2.44. The molecule has 7 rings (SSSR count). The van der Waals surface area contributed by atoms with Gasteiger partial charge >= 0.3 is 0 Å². The van der Waals surface area contributed by atoms with E-state index in [9.17, 15) is 127 Å². The van der Waals surface area contributed by atoms with E-state index < -0.39 is 303 Å². The molecular formula is C54H93N3O39. The Labute approximate surface area is 545 Å². The summed E-state index contributed by atoms with van der Waals surface area (Å²) in [7, 11) is 0. The number of hydrogen-bond donors (Lipinski definition) is 25. The van der Waals surface area contributed by atoms with Crippen LogP contribution in [0.25, 0.3) is 0 Å². The van der Waals surface area contributed by atoms with Gasteiger partial charge in [-0.15, -0.1) is 0 Å². The Hall–Kier alpha value is -3.03. The fourth-order valence-electron chi connectivity index (χ4n) is 12.1. The largest absolute Gasteiger partial charge is 0.394 e. The summed E-state index contributed by atoms with van der Waals surface area (Å²) in [5.41, 5.74) is 0. The maximum Gasteiger partial charge on any atom is 0.217 e. The van der Waals surface area contributed by atoms with Crippen molar-refractivity contribution < 1.29 is 193 Å². The minimum absolute atomic E-state index is 0.895. The molecule has 42 nitrogen and oxygen atoms in total. The van der Waals surface area contributed by atoms with Gasteiger partial charge in [-0.3, -0.25) is 14.4 Å². The quantitative estimate of drug-likeness (QED) is 0.0363. The predicted molar refractivity (Wildman–Crippen MR) is 299 cm³/mol. The van der Waals surface area contributed by atoms with Crippen molar-refractivity contribution in [3.8, 4) is 0 Å². The van der Waals surface area contributed by atoms with Crippen LogP contribution in [0.15, 0.2) is 0 Å². The van der Waals surface area contributed by atoms with Crippen LogP contribution in [0.1, 0.15) is 34.6 Å². The van der Waals surface area contributed by atoms with Crippen LogP contribution in [0.4, 0.5) is 0 Å². The van der Waals surface area contributed by atoms with Crippen LogP contribution in [0.2, 0.25) is 0 Å². The number of nitrogens with one attached hydrogen (secondary N) is 3. The van der Waals surface area contributed by atoms with Gasteiger partial charge in [-0.1, -0.05) is 0 Å². The van der Waals surface area contributed by atoms with E-state index in [0.29, 0.717) is 0 Å². The number of rotatable bonds is 27. The molecule has 3 amide bonds. The Kier molecular flexibility index (Phi) is 29.5. The molecule has 0 bridgehead atoms. The van der Waals surface area contributed by atoms with E-state index in [1.54, 1.807) is 0 Å². The molecule has 25 N–H and O–H groups in total. The van der Waals surface area contributed by atoms with Gasteiger partial charge in [0.05, 0.1) is 64.5 Å². The van der Waals surface area contributed by atoms with E-state index in [2.05, 4.69) is 16.0 Å². The second-order valence-corrected chi connectivity index (χ2v) is 24.4. The van der Waals surface area contributed by atoms with Crippen LogP contribution >= 0.6 is 0 Å². The highest BCUT2D eigenvalue weighted by atomic mass is 16.8. The fraction of sp³-hybridized carbons (Fsp3) is 0.944. The molecule has 0 aliphatic carbocycles. The van der Waals surface area contributed by atoms with Crippen molar-refractivity contribution in [2.45, 2.75) is 274 Å². The third-order valence-corrected chi connectivity index (χ3v) is 17.4. The van der Waals surface area contributed by atoms with Crippen molar-refractivity contribution in [1.29, 1.82) is 0 Å². The van der Waals surface area contributed by atoms with E-state index in [-0.39, 0.29) is 0 Å². The normalized spacial score (nSPS) is 46.8. The molecule has 96 heavy (non-hydrogen) atoms. The van der Waals surface area contributed by atoms with E-state index in [4.69, 9.17) is 66.3 Å². The molecule has 7 aliphatic rings. The number of aliphatic hydroxyl groups is 22. The van der Waals surface area contributed by atoms with Crippen LogP contribution < -0.4 is 16.0 Å². The number of aliphatic hydroxyl groups excluding tert-OH is 22. The summed E-state index contributed by atoms with van der Waals surface area (Å²) in [6.45, 7) is -2.06. The molecule has 39 atom stereocenters. The smallest absolute Gasteiger partial charge is 0.217 e. The number of carbonyl (C=O) groups is 3. The van der Waals surface area contributed by atoms with Gasteiger partial charge < -0.3 is 195 Å². The molecule has 0 aromatic rings. The summed E-state index contributed by atoms with van der Waals surface area (Å²) in [6.07, 6.45) is -69.8. The topological polar surface area (TPSA) is 662 Å². The van der Waals surface area contributed by atoms with Gasteiger partial charge in [0.25, 0.3) is 0 Å². The van der Waals surface area contributed by atoms with Gasteiger partial charge in [0, 0.05) is 20.8 Å². The summed E-state index contributed by atoms with van der Waals surface area (Å²) >= 11 is 0. The van der Waals surface area contributed by atoms with Crippen molar-refractivity contribution in [3.05, 3.63) is 0 Å². The number of hydrogen-bond acceptors (Lipinski definition) is 39. The first-order chi connectivity index (χ1) is 45.3. The van der Waals surface area contributed by atoms with Gasteiger partial charge in [0.15, 0.2) is 44.0 Å². The Bertz CT molecular complexity index is 2420. The summed E-state index contributed by atoms with van der Waals surface area (Å²) in [6, 6.07) is -5.49. The van der Waals surface area contributed by atoms with Gasteiger partial charge in [-0.2, -0.15) is 0 Å². The summed E-state index contributed by atoms with van der Waals surface area (Å²) < 4.78 is 81.5. The average molecular weight is 1410 g/mol. The molecule has 0 aromatic heterocycles. The lowest BCUT2D eigenvalue weighted by molar-refractivity contribution is -0.382. The lowest BCUT2D eigenvalue weighted by Crippen LogP contribution is -2.70. The Morgan fingerprint density at radius 3 is 1.23 bits per heavy atom. The SMILES string of the molecule is CC(=O)N[C@H]1[C@H](O[C@H]2[C@@H](O)[C@@H](CO)O[C@@H](O[C@@H]([C@@H](O)[C@H](O)CO[C@@H]3O[C@H](CO)[C@@H](O[C@@H]4O[C@H](CO)[C@H](O)[C@H](O)[C@H]4O)[C@H](O[C@@H]4O[C@@H](C)[C@@H](O)[C@@H](O)[C@@H]4O)[C@H]3NC(C)=O)[C@H](CO)NC(C)=O)[C@@H]2O)O[C@H](CO)[C@@H](O[C@@H]2O[C@H](CO)[C@H](O)[C@H](O[C@@H]3O[C@@H](C)[C@@H](O)[C@@H](O)[C@@H]3O)[C@H]2O)[C@@H]1O. The molecule has 7 heterocycles. The van der Waals surface area contributed by atoms with E-state index in [1.807, 2.05) is 0 Å². The van der Waals surface area contributed by atoms with E-state index >= 15 is 0 Å². The molecular weight excluding hydrogens is 1310 g/mol. The third kappa shape index (κ3) is 18.1. The Morgan fingerprint density at radius 2 is 0.750 bits per heavy atom. The average Bonchev–Trinajstić information content (AvgIpc) is 0.778. The Morgan fingerprint density at radius 1 is 0.375 bits per heavy atom. The summed E-state index contributed by atoms with van der Waals surface area (Å²) in [5.74, 6) is -2.71. The van der Waals surface area contributed by atoms with Gasteiger partial charge in [-0.05, 0) is 13.8 Å². The third-order valence-electron chi connectivity index (χ3n) is 17.4. The fourth-order valence-corrected chi connectivity index (χ4v) is 12.1. The molecule has 7 fully saturated rings. The van der Waals surface area contributed by atoms with Crippen molar-refractivity contribution in [3.63, 3.8) is 0 Å². The zero-order chi connectivity index (χ0) is 71.2. The minimum Gasteiger partial charge on any atom is -0.394 e. The van der Waals surface area contributed by atoms with Crippen molar-refractivity contribution >= 4 is 17.7 Å². The first kappa shape index (κ1) is 80.3. The number of amides is 3. The number of carbonyl (C=O) groups excluding carboxylic acids is 3. The highest BCUT2D eigenvalue weighted by Gasteiger charge is 2.59. The molecule has 7 aliphatic heterocycles. The second-order valence-electron chi connectivity index (χ2n) is 24.4. The van der Waals surface area contributed by atoms with Crippen LogP contribution in [0.3, 0.4) is 0 Å². The molecule has 0 saturated carbocycles.